The Morgan fingerprint density at radius 1 is 1.11 bits per heavy atom. The second-order valence-corrected chi connectivity index (χ2v) is 5.56. The Hall–Kier alpha value is -1.08. The van der Waals surface area contributed by atoms with Crippen LogP contribution in [0.25, 0.3) is 0 Å². The Morgan fingerprint density at radius 2 is 1.83 bits per heavy atom. The Morgan fingerprint density at radius 3 is 2.44 bits per heavy atom. The Balaban J connectivity index is 1.83. The van der Waals surface area contributed by atoms with Gasteiger partial charge in [-0.15, -0.1) is 0 Å². The van der Waals surface area contributed by atoms with Gasteiger partial charge in [0, 0.05) is 6.54 Å². The smallest absolute Gasteiger partial charge is 0.0210 e. The maximum atomic E-state index is 3.59. The lowest BCUT2D eigenvalue weighted by atomic mass is 10.00. The summed E-state index contributed by atoms with van der Waals surface area (Å²) in [6.07, 6.45) is 7.63. The SMILES string of the molecule is Cc1cc(C)c(CNCCC2=CCCC2)c(C)c1. The molecule has 0 amide bonds. The van der Waals surface area contributed by atoms with Gasteiger partial charge in [-0.25, -0.2) is 0 Å². The van der Waals surface area contributed by atoms with Crippen LogP contribution in [-0.2, 0) is 6.54 Å². The summed E-state index contributed by atoms with van der Waals surface area (Å²) in [7, 11) is 0. The van der Waals surface area contributed by atoms with Crippen molar-refractivity contribution >= 4 is 0 Å². The van der Waals surface area contributed by atoms with E-state index in [-0.39, 0.29) is 0 Å². The van der Waals surface area contributed by atoms with E-state index in [0.29, 0.717) is 0 Å². The van der Waals surface area contributed by atoms with E-state index in [2.05, 4.69) is 44.3 Å². The molecule has 1 heteroatoms. The molecular formula is C17H25N. The highest BCUT2D eigenvalue weighted by Gasteiger charge is 2.05. The van der Waals surface area contributed by atoms with Crippen LogP contribution in [-0.4, -0.2) is 6.54 Å². The number of rotatable bonds is 5. The van der Waals surface area contributed by atoms with E-state index in [0.717, 1.165) is 13.1 Å². The second-order valence-electron chi connectivity index (χ2n) is 5.56. The molecule has 1 aromatic carbocycles. The number of nitrogens with one attached hydrogen (secondary N) is 1. The number of hydrogen-bond acceptors (Lipinski definition) is 1. The highest BCUT2D eigenvalue weighted by atomic mass is 14.8. The molecule has 1 nitrogen and oxygen atoms in total. The Labute approximate surface area is 111 Å². The van der Waals surface area contributed by atoms with Crippen LogP contribution in [0, 0.1) is 20.8 Å². The largest absolute Gasteiger partial charge is 0.312 e. The van der Waals surface area contributed by atoms with E-state index in [1.165, 1.54) is 47.9 Å². The van der Waals surface area contributed by atoms with Crippen molar-refractivity contribution in [3.63, 3.8) is 0 Å². The normalized spacial score (nSPS) is 14.9. The minimum Gasteiger partial charge on any atom is -0.312 e. The van der Waals surface area contributed by atoms with Crippen LogP contribution in [0.2, 0.25) is 0 Å². The average Bonchev–Trinajstić information content (AvgIpc) is 2.79. The lowest BCUT2D eigenvalue weighted by Crippen LogP contribution is -2.16. The van der Waals surface area contributed by atoms with Gasteiger partial charge in [-0.05, 0) is 69.7 Å². The van der Waals surface area contributed by atoms with Crippen molar-refractivity contribution in [1.82, 2.24) is 5.32 Å². The fraction of sp³-hybridized carbons (Fsp3) is 0.529. The molecule has 0 fully saturated rings. The van der Waals surface area contributed by atoms with E-state index in [1.807, 2.05) is 0 Å². The van der Waals surface area contributed by atoms with Crippen molar-refractivity contribution < 1.29 is 0 Å². The van der Waals surface area contributed by atoms with Crippen molar-refractivity contribution in [3.05, 3.63) is 46.0 Å². The first-order valence-electron chi connectivity index (χ1n) is 7.12. The standard InChI is InChI=1S/C17H25N/c1-13-10-14(2)17(15(3)11-13)12-18-9-8-16-6-4-5-7-16/h6,10-11,18H,4-5,7-9,12H2,1-3H3. The van der Waals surface area contributed by atoms with Crippen LogP contribution in [0.15, 0.2) is 23.8 Å². The van der Waals surface area contributed by atoms with Gasteiger partial charge in [0.05, 0.1) is 0 Å². The lowest BCUT2D eigenvalue weighted by molar-refractivity contribution is 0.671. The van der Waals surface area contributed by atoms with Crippen LogP contribution in [0.3, 0.4) is 0 Å². The molecule has 0 aromatic heterocycles. The highest BCUT2D eigenvalue weighted by molar-refractivity contribution is 5.37. The molecule has 0 radical (unpaired) electrons. The fourth-order valence-electron chi connectivity index (χ4n) is 2.92. The number of aryl methyl sites for hydroxylation is 3. The van der Waals surface area contributed by atoms with Crippen LogP contribution in [0.4, 0.5) is 0 Å². The average molecular weight is 243 g/mol. The first kappa shape index (κ1) is 13.4. The zero-order valence-corrected chi connectivity index (χ0v) is 12.0. The molecule has 0 spiro atoms. The first-order valence-corrected chi connectivity index (χ1v) is 7.12. The predicted octanol–water partition coefficient (Wildman–Crippen LogP) is 4.20. The van der Waals surface area contributed by atoms with Crippen LogP contribution >= 0.6 is 0 Å². The Bertz CT molecular complexity index is 420. The van der Waals surface area contributed by atoms with E-state index >= 15 is 0 Å². The van der Waals surface area contributed by atoms with Gasteiger partial charge in [0.25, 0.3) is 0 Å². The van der Waals surface area contributed by atoms with Gasteiger partial charge >= 0.3 is 0 Å². The van der Waals surface area contributed by atoms with Crippen molar-refractivity contribution in [1.29, 1.82) is 0 Å². The Kier molecular flexibility index (Phi) is 4.60. The van der Waals surface area contributed by atoms with Crippen molar-refractivity contribution in [2.45, 2.75) is 53.0 Å². The van der Waals surface area contributed by atoms with E-state index < -0.39 is 0 Å². The van der Waals surface area contributed by atoms with Crippen molar-refractivity contribution in [2.24, 2.45) is 0 Å². The summed E-state index contributed by atoms with van der Waals surface area (Å²) < 4.78 is 0. The third kappa shape index (κ3) is 3.46. The van der Waals surface area contributed by atoms with Crippen LogP contribution in [0.1, 0.15) is 47.9 Å². The topological polar surface area (TPSA) is 12.0 Å². The van der Waals surface area contributed by atoms with Gasteiger partial charge in [-0.1, -0.05) is 29.3 Å². The predicted molar refractivity (Wildman–Crippen MR) is 78.9 cm³/mol. The summed E-state index contributed by atoms with van der Waals surface area (Å²) >= 11 is 0. The van der Waals surface area contributed by atoms with E-state index in [1.54, 1.807) is 5.57 Å². The number of hydrogen-bond donors (Lipinski definition) is 1. The molecule has 0 bridgehead atoms. The van der Waals surface area contributed by atoms with Crippen molar-refractivity contribution in [2.75, 3.05) is 6.54 Å². The van der Waals surface area contributed by atoms with Crippen molar-refractivity contribution in [3.8, 4) is 0 Å². The molecular weight excluding hydrogens is 218 g/mol. The third-order valence-electron chi connectivity index (χ3n) is 3.90. The van der Waals surface area contributed by atoms with E-state index in [9.17, 15) is 0 Å². The molecule has 0 aliphatic heterocycles. The van der Waals surface area contributed by atoms with Gasteiger partial charge in [-0.2, -0.15) is 0 Å². The first-order chi connectivity index (χ1) is 8.66. The van der Waals surface area contributed by atoms with Gasteiger partial charge in [0.15, 0.2) is 0 Å². The van der Waals surface area contributed by atoms with Gasteiger partial charge in [0.1, 0.15) is 0 Å². The molecule has 1 aliphatic rings. The monoisotopic (exact) mass is 243 g/mol. The van der Waals surface area contributed by atoms with Crippen LogP contribution < -0.4 is 5.32 Å². The highest BCUT2D eigenvalue weighted by Crippen LogP contribution is 2.20. The molecule has 1 aliphatic carbocycles. The molecule has 0 saturated heterocycles. The quantitative estimate of drug-likeness (QED) is 0.603. The molecule has 98 valence electrons. The summed E-state index contributed by atoms with van der Waals surface area (Å²) in [6, 6.07) is 4.56. The molecule has 0 atom stereocenters. The second kappa shape index (κ2) is 6.19. The zero-order chi connectivity index (χ0) is 13.0. The van der Waals surface area contributed by atoms with E-state index in [4.69, 9.17) is 0 Å². The minimum atomic E-state index is 1.01. The summed E-state index contributed by atoms with van der Waals surface area (Å²) in [5.41, 5.74) is 7.32. The minimum absolute atomic E-state index is 1.01. The molecule has 1 aromatic rings. The fourth-order valence-corrected chi connectivity index (χ4v) is 2.92. The number of allylic oxidation sites excluding steroid dienone is 1. The maximum Gasteiger partial charge on any atom is 0.0210 e. The van der Waals surface area contributed by atoms with Crippen LogP contribution in [0.5, 0.6) is 0 Å². The molecule has 2 rings (SSSR count). The number of benzene rings is 1. The molecule has 0 unspecified atom stereocenters. The molecule has 1 N–H and O–H groups in total. The molecule has 0 saturated carbocycles. The summed E-state index contributed by atoms with van der Waals surface area (Å²) in [5.74, 6) is 0. The molecule has 18 heavy (non-hydrogen) atoms. The summed E-state index contributed by atoms with van der Waals surface area (Å²) in [5, 5.41) is 3.59. The molecule has 0 heterocycles. The van der Waals surface area contributed by atoms with Gasteiger partial charge < -0.3 is 5.32 Å². The zero-order valence-electron chi connectivity index (χ0n) is 12.0. The third-order valence-corrected chi connectivity index (χ3v) is 3.90. The van der Waals surface area contributed by atoms with Gasteiger partial charge in [-0.3, -0.25) is 0 Å². The van der Waals surface area contributed by atoms with Gasteiger partial charge in [0.2, 0.25) is 0 Å². The summed E-state index contributed by atoms with van der Waals surface area (Å²) in [4.78, 5) is 0. The lowest BCUT2D eigenvalue weighted by Gasteiger charge is -2.12. The maximum absolute atomic E-state index is 3.59. The summed E-state index contributed by atoms with van der Waals surface area (Å²) in [6.45, 7) is 8.72.